The topological polar surface area (TPSA) is 33.1 Å². The summed E-state index contributed by atoms with van der Waals surface area (Å²) in [4.78, 5) is 3.99. The zero-order chi connectivity index (χ0) is 9.14. The Kier molecular flexibility index (Phi) is 2.29. The molecule has 0 aliphatic rings. The van der Waals surface area contributed by atoms with E-state index >= 15 is 0 Å². The van der Waals surface area contributed by atoms with Crippen molar-refractivity contribution in [3.8, 4) is 0 Å². The summed E-state index contributed by atoms with van der Waals surface area (Å²) >= 11 is 0. The molecule has 0 fully saturated rings. The lowest BCUT2D eigenvalue weighted by atomic mass is 10.1. The number of aliphatic hydroxyl groups is 1. The lowest BCUT2D eigenvalue weighted by Crippen LogP contribution is -1.92. The highest BCUT2D eigenvalue weighted by atomic mass is 16.3. The largest absolute Gasteiger partial charge is 0.506 e. The molecule has 1 heterocycles. The molecule has 0 aromatic carbocycles. The minimum absolute atomic E-state index is 0.0198. The Morgan fingerprint density at radius 2 is 2.17 bits per heavy atom. The van der Waals surface area contributed by atoms with Gasteiger partial charge in [-0.3, -0.25) is 4.98 Å². The monoisotopic (exact) mass is 161 g/mol. The van der Waals surface area contributed by atoms with Crippen molar-refractivity contribution in [2.75, 3.05) is 0 Å². The molecule has 1 rings (SSSR count). The number of pyridine rings is 1. The maximum absolute atomic E-state index is 9.16. The Hall–Kier alpha value is -1.57. The van der Waals surface area contributed by atoms with E-state index in [0.29, 0.717) is 5.69 Å². The van der Waals surface area contributed by atoms with Crippen molar-refractivity contribution in [3.63, 3.8) is 0 Å². The minimum atomic E-state index is -0.0198. The molecule has 12 heavy (non-hydrogen) atoms. The molecule has 1 N–H and O–H groups in total. The van der Waals surface area contributed by atoms with Gasteiger partial charge in [-0.25, -0.2) is 0 Å². The highest BCUT2D eigenvalue weighted by Crippen LogP contribution is 2.18. The van der Waals surface area contributed by atoms with E-state index in [1.807, 2.05) is 13.0 Å². The first-order chi connectivity index (χ1) is 5.63. The number of rotatable bonds is 2. The third kappa shape index (κ3) is 1.53. The van der Waals surface area contributed by atoms with Crippen molar-refractivity contribution >= 4 is 11.3 Å². The zero-order valence-corrected chi connectivity index (χ0v) is 7.04. The number of aromatic nitrogens is 1. The summed E-state index contributed by atoms with van der Waals surface area (Å²) < 4.78 is 0. The van der Waals surface area contributed by atoms with Gasteiger partial charge in [0.2, 0.25) is 0 Å². The van der Waals surface area contributed by atoms with E-state index in [0.717, 1.165) is 11.1 Å². The predicted octanol–water partition coefficient (Wildman–Crippen LogP) is 2.64. The van der Waals surface area contributed by atoms with Crippen LogP contribution in [0.1, 0.15) is 18.2 Å². The van der Waals surface area contributed by atoms with Crippen molar-refractivity contribution < 1.29 is 5.11 Å². The van der Waals surface area contributed by atoms with Gasteiger partial charge in [0.15, 0.2) is 0 Å². The number of hydrogen-bond acceptors (Lipinski definition) is 2. The van der Waals surface area contributed by atoms with Crippen LogP contribution in [0.25, 0.3) is 11.3 Å². The first kappa shape index (κ1) is 8.53. The second-order valence-electron chi connectivity index (χ2n) is 2.63. The van der Waals surface area contributed by atoms with Crippen LogP contribution < -0.4 is 0 Å². The van der Waals surface area contributed by atoms with Gasteiger partial charge in [-0.15, -0.1) is 0 Å². The fourth-order valence-corrected chi connectivity index (χ4v) is 0.980. The molecule has 0 atom stereocenters. The van der Waals surface area contributed by atoms with E-state index in [-0.39, 0.29) is 5.76 Å². The molecule has 0 unspecified atom stereocenters. The van der Waals surface area contributed by atoms with Gasteiger partial charge in [0.25, 0.3) is 0 Å². The van der Waals surface area contributed by atoms with Gasteiger partial charge in [0.1, 0.15) is 11.5 Å². The predicted molar refractivity (Wildman–Crippen MR) is 50.6 cm³/mol. The molecular formula is C10H11NO. The van der Waals surface area contributed by atoms with E-state index in [9.17, 15) is 0 Å². The van der Waals surface area contributed by atoms with Gasteiger partial charge < -0.3 is 5.11 Å². The van der Waals surface area contributed by atoms with Gasteiger partial charge in [-0.2, -0.15) is 0 Å². The summed E-state index contributed by atoms with van der Waals surface area (Å²) in [7, 11) is 0. The maximum Gasteiger partial charge on any atom is 0.134 e. The minimum Gasteiger partial charge on any atom is -0.506 e. The molecular weight excluding hydrogens is 150 g/mol. The number of nitrogens with zero attached hydrogens (tertiary/aromatic N) is 1. The molecule has 0 saturated carbocycles. The summed E-state index contributed by atoms with van der Waals surface area (Å²) in [6, 6.07) is 3.66. The van der Waals surface area contributed by atoms with Crippen LogP contribution in [-0.2, 0) is 0 Å². The quantitative estimate of drug-likeness (QED) is 0.676. The maximum atomic E-state index is 9.16. The summed E-state index contributed by atoms with van der Waals surface area (Å²) in [5.41, 5.74) is 2.21. The SMILES string of the molecule is C=C(C)c1cccnc1C(=C)O. The highest BCUT2D eigenvalue weighted by Gasteiger charge is 2.05. The fourth-order valence-electron chi connectivity index (χ4n) is 0.980. The molecule has 1 aromatic heterocycles. The van der Waals surface area contributed by atoms with Gasteiger partial charge in [-0.05, 0) is 18.6 Å². The van der Waals surface area contributed by atoms with Crippen molar-refractivity contribution in [2.24, 2.45) is 0 Å². The highest BCUT2D eigenvalue weighted by molar-refractivity contribution is 5.71. The first-order valence-corrected chi connectivity index (χ1v) is 3.62. The van der Waals surface area contributed by atoms with Crippen molar-refractivity contribution in [2.45, 2.75) is 6.92 Å². The molecule has 62 valence electrons. The van der Waals surface area contributed by atoms with Crippen LogP contribution in [0.15, 0.2) is 31.5 Å². The molecule has 0 radical (unpaired) electrons. The lowest BCUT2D eigenvalue weighted by molar-refractivity contribution is 0.510. The van der Waals surface area contributed by atoms with Crippen LogP contribution in [0.2, 0.25) is 0 Å². The normalized spacial score (nSPS) is 9.42. The van der Waals surface area contributed by atoms with Gasteiger partial charge in [0.05, 0.1) is 0 Å². The van der Waals surface area contributed by atoms with Gasteiger partial charge in [0, 0.05) is 11.8 Å². The van der Waals surface area contributed by atoms with E-state index in [1.54, 1.807) is 12.3 Å². The molecule has 1 aromatic rings. The van der Waals surface area contributed by atoms with Crippen molar-refractivity contribution in [3.05, 3.63) is 42.7 Å². The van der Waals surface area contributed by atoms with Crippen LogP contribution in [0.4, 0.5) is 0 Å². The standard InChI is InChI=1S/C10H11NO/c1-7(2)9-5-4-6-11-10(9)8(3)12/h4-6,12H,1,3H2,2H3. The second-order valence-corrected chi connectivity index (χ2v) is 2.63. The number of hydrogen-bond donors (Lipinski definition) is 1. The summed E-state index contributed by atoms with van der Waals surface area (Å²) in [5.74, 6) is -0.0198. The molecule has 0 aliphatic carbocycles. The lowest BCUT2D eigenvalue weighted by Gasteiger charge is -2.05. The Morgan fingerprint density at radius 1 is 1.50 bits per heavy atom. The second kappa shape index (κ2) is 3.22. The molecule has 0 saturated heterocycles. The third-order valence-corrected chi connectivity index (χ3v) is 1.54. The molecule has 0 spiro atoms. The Labute approximate surface area is 71.9 Å². The van der Waals surface area contributed by atoms with Crippen molar-refractivity contribution in [1.29, 1.82) is 0 Å². The van der Waals surface area contributed by atoms with Crippen LogP contribution in [0.5, 0.6) is 0 Å². The summed E-state index contributed by atoms with van der Waals surface area (Å²) in [5, 5.41) is 9.16. The third-order valence-electron chi connectivity index (χ3n) is 1.54. The van der Waals surface area contributed by atoms with E-state index < -0.39 is 0 Å². The van der Waals surface area contributed by atoms with E-state index in [2.05, 4.69) is 18.1 Å². The number of aliphatic hydroxyl groups excluding tert-OH is 1. The average molecular weight is 161 g/mol. The van der Waals surface area contributed by atoms with Crippen LogP contribution in [0.3, 0.4) is 0 Å². The number of allylic oxidation sites excluding steroid dienone is 1. The van der Waals surface area contributed by atoms with Crippen LogP contribution in [-0.4, -0.2) is 10.1 Å². The molecule has 2 heteroatoms. The molecule has 2 nitrogen and oxygen atoms in total. The Bertz CT molecular complexity index is 295. The fraction of sp³-hybridized carbons (Fsp3) is 0.100. The van der Waals surface area contributed by atoms with Gasteiger partial charge in [-0.1, -0.05) is 19.2 Å². The smallest absolute Gasteiger partial charge is 0.134 e. The summed E-state index contributed by atoms with van der Waals surface area (Å²) in [6.45, 7) is 9.06. The van der Waals surface area contributed by atoms with Crippen LogP contribution >= 0.6 is 0 Å². The Morgan fingerprint density at radius 3 is 2.58 bits per heavy atom. The first-order valence-electron chi connectivity index (χ1n) is 3.62. The average Bonchev–Trinajstić information content (AvgIpc) is 2.04. The van der Waals surface area contributed by atoms with Crippen molar-refractivity contribution in [1.82, 2.24) is 4.98 Å². The van der Waals surface area contributed by atoms with E-state index in [1.165, 1.54) is 0 Å². The summed E-state index contributed by atoms with van der Waals surface area (Å²) in [6.07, 6.45) is 1.61. The molecule has 0 amide bonds. The van der Waals surface area contributed by atoms with Gasteiger partial charge >= 0.3 is 0 Å². The molecule has 0 bridgehead atoms. The van der Waals surface area contributed by atoms with Crippen LogP contribution in [0, 0.1) is 0 Å². The van der Waals surface area contributed by atoms with E-state index in [4.69, 9.17) is 5.11 Å². The molecule has 0 aliphatic heterocycles. The zero-order valence-electron chi connectivity index (χ0n) is 7.04. The Balaban J connectivity index is 3.27.